The lowest BCUT2D eigenvalue weighted by atomic mass is 10.1. The fourth-order valence-corrected chi connectivity index (χ4v) is 3.24. The third-order valence-electron chi connectivity index (χ3n) is 3.71. The summed E-state index contributed by atoms with van der Waals surface area (Å²) in [7, 11) is 0. The number of hydrogen-bond acceptors (Lipinski definition) is 4. The SMILES string of the molecule is CC(C)CCN(Cc1cccs1)CC(O)COc1ccc(Cl)cc1. The van der Waals surface area contributed by atoms with Crippen LogP contribution in [-0.2, 0) is 6.54 Å². The molecule has 1 heterocycles. The van der Waals surface area contributed by atoms with E-state index in [-0.39, 0.29) is 6.61 Å². The van der Waals surface area contributed by atoms with Crippen molar-refractivity contribution >= 4 is 22.9 Å². The van der Waals surface area contributed by atoms with Gasteiger partial charge in [-0.05, 0) is 54.6 Å². The van der Waals surface area contributed by atoms with E-state index >= 15 is 0 Å². The molecule has 24 heavy (non-hydrogen) atoms. The Labute approximate surface area is 153 Å². The van der Waals surface area contributed by atoms with E-state index in [1.165, 1.54) is 4.88 Å². The minimum atomic E-state index is -0.521. The number of hydrogen-bond donors (Lipinski definition) is 1. The van der Waals surface area contributed by atoms with Crippen LogP contribution in [0.4, 0.5) is 0 Å². The molecule has 1 aromatic carbocycles. The second-order valence-electron chi connectivity index (χ2n) is 6.42. The zero-order chi connectivity index (χ0) is 17.4. The van der Waals surface area contributed by atoms with Crippen LogP contribution in [0.3, 0.4) is 0 Å². The van der Waals surface area contributed by atoms with Gasteiger partial charge >= 0.3 is 0 Å². The van der Waals surface area contributed by atoms with E-state index < -0.39 is 6.10 Å². The Balaban J connectivity index is 1.83. The third-order valence-corrected chi connectivity index (χ3v) is 4.82. The van der Waals surface area contributed by atoms with Crippen molar-refractivity contribution in [2.45, 2.75) is 32.9 Å². The number of rotatable bonds is 10. The fourth-order valence-electron chi connectivity index (χ4n) is 2.37. The standard InChI is InChI=1S/C19H26ClNO2S/c1-15(2)9-10-21(13-19-4-3-11-24-19)12-17(22)14-23-18-7-5-16(20)6-8-18/h3-8,11,15,17,22H,9-10,12-14H2,1-2H3. The van der Waals surface area contributed by atoms with Gasteiger partial charge in [-0.15, -0.1) is 11.3 Å². The smallest absolute Gasteiger partial charge is 0.119 e. The molecule has 0 aliphatic carbocycles. The van der Waals surface area contributed by atoms with Gasteiger partial charge in [-0.2, -0.15) is 0 Å². The van der Waals surface area contributed by atoms with Crippen molar-refractivity contribution < 1.29 is 9.84 Å². The number of aliphatic hydroxyl groups excluding tert-OH is 1. The first-order chi connectivity index (χ1) is 11.5. The number of halogens is 1. The van der Waals surface area contributed by atoms with E-state index in [9.17, 15) is 5.11 Å². The van der Waals surface area contributed by atoms with Crippen LogP contribution in [0.5, 0.6) is 5.75 Å². The highest BCUT2D eigenvalue weighted by atomic mass is 35.5. The summed E-state index contributed by atoms with van der Waals surface area (Å²) in [6.45, 7) is 7.20. The molecule has 0 saturated heterocycles. The first kappa shape index (κ1) is 19.3. The average molecular weight is 368 g/mol. The van der Waals surface area contributed by atoms with Gasteiger partial charge < -0.3 is 9.84 Å². The molecule has 0 radical (unpaired) electrons. The van der Waals surface area contributed by atoms with E-state index in [1.54, 1.807) is 23.5 Å². The summed E-state index contributed by atoms with van der Waals surface area (Å²) >= 11 is 7.62. The lowest BCUT2D eigenvalue weighted by molar-refractivity contribution is 0.0643. The molecule has 0 aliphatic rings. The van der Waals surface area contributed by atoms with Crippen LogP contribution in [0.2, 0.25) is 5.02 Å². The van der Waals surface area contributed by atoms with Gasteiger partial charge in [0.2, 0.25) is 0 Å². The second kappa shape index (κ2) is 10.0. The zero-order valence-electron chi connectivity index (χ0n) is 14.3. The van der Waals surface area contributed by atoms with Crippen LogP contribution < -0.4 is 4.74 Å². The van der Waals surface area contributed by atoms with Crippen LogP contribution in [-0.4, -0.2) is 35.8 Å². The topological polar surface area (TPSA) is 32.7 Å². The maximum absolute atomic E-state index is 10.3. The van der Waals surface area contributed by atoms with Gasteiger partial charge in [0.15, 0.2) is 0 Å². The minimum Gasteiger partial charge on any atom is -0.491 e. The van der Waals surface area contributed by atoms with E-state index in [4.69, 9.17) is 16.3 Å². The van der Waals surface area contributed by atoms with Gasteiger partial charge in [0.25, 0.3) is 0 Å². The van der Waals surface area contributed by atoms with Gasteiger partial charge in [0.1, 0.15) is 18.5 Å². The molecule has 0 amide bonds. The predicted octanol–water partition coefficient (Wildman–Crippen LogP) is 4.69. The molecule has 5 heteroatoms. The Morgan fingerprint density at radius 1 is 1.21 bits per heavy atom. The van der Waals surface area contributed by atoms with Crippen molar-refractivity contribution in [2.24, 2.45) is 5.92 Å². The predicted molar refractivity (Wildman–Crippen MR) is 102 cm³/mol. The molecule has 1 N–H and O–H groups in total. The summed E-state index contributed by atoms with van der Waals surface area (Å²) < 4.78 is 5.65. The summed E-state index contributed by atoms with van der Waals surface area (Å²) in [5, 5.41) is 13.1. The van der Waals surface area contributed by atoms with Crippen molar-refractivity contribution in [1.82, 2.24) is 4.90 Å². The average Bonchev–Trinajstić information content (AvgIpc) is 3.05. The van der Waals surface area contributed by atoms with Gasteiger partial charge in [-0.3, -0.25) is 4.90 Å². The molecule has 0 spiro atoms. The van der Waals surface area contributed by atoms with Gasteiger partial charge in [-0.25, -0.2) is 0 Å². The van der Waals surface area contributed by atoms with E-state index in [1.807, 2.05) is 12.1 Å². The minimum absolute atomic E-state index is 0.282. The molecular formula is C19H26ClNO2S. The molecule has 0 bridgehead atoms. The number of thiophene rings is 1. The summed E-state index contributed by atoms with van der Waals surface area (Å²) in [6, 6.07) is 11.4. The van der Waals surface area contributed by atoms with Gasteiger partial charge in [0.05, 0.1) is 0 Å². The molecule has 1 aromatic heterocycles. The Hall–Kier alpha value is -1.07. The van der Waals surface area contributed by atoms with Crippen molar-refractivity contribution in [3.8, 4) is 5.75 Å². The van der Waals surface area contributed by atoms with Crippen molar-refractivity contribution in [2.75, 3.05) is 19.7 Å². The lowest BCUT2D eigenvalue weighted by Crippen LogP contribution is -2.36. The van der Waals surface area contributed by atoms with Crippen LogP contribution >= 0.6 is 22.9 Å². The Morgan fingerprint density at radius 3 is 2.58 bits per heavy atom. The first-order valence-electron chi connectivity index (χ1n) is 8.34. The molecular weight excluding hydrogens is 342 g/mol. The van der Waals surface area contributed by atoms with E-state index in [0.717, 1.165) is 25.3 Å². The van der Waals surface area contributed by atoms with Crippen molar-refractivity contribution in [1.29, 1.82) is 0 Å². The third kappa shape index (κ3) is 7.22. The van der Waals surface area contributed by atoms with Crippen LogP contribution in [0, 0.1) is 5.92 Å². The second-order valence-corrected chi connectivity index (χ2v) is 7.88. The van der Waals surface area contributed by atoms with Gasteiger partial charge in [-0.1, -0.05) is 31.5 Å². The molecule has 1 unspecified atom stereocenters. The molecule has 2 rings (SSSR count). The highest BCUT2D eigenvalue weighted by Crippen LogP contribution is 2.17. The first-order valence-corrected chi connectivity index (χ1v) is 9.60. The molecule has 132 valence electrons. The van der Waals surface area contributed by atoms with Crippen LogP contribution in [0.25, 0.3) is 0 Å². The molecule has 3 nitrogen and oxygen atoms in total. The monoisotopic (exact) mass is 367 g/mol. The number of ether oxygens (including phenoxy) is 1. The van der Waals surface area contributed by atoms with Crippen LogP contribution in [0.1, 0.15) is 25.1 Å². The quantitative estimate of drug-likeness (QED) is 0.661. The fraction of sp³-hybridized carbons (Fsp3) is 0.474. The normalized spacial score (nSPS) is 12.8. The Morgan fingerprint density at radius 2 is 1.96 bits per heavy atom. The molecule has 2 aromatic rings. The Kier molecular flexibility index (Phi) is 8.06. The summed E-state index contributed by atoms with van der Waals surface area (Å²) in [6.07, 6.45) is 0.601. The maximum atomic E-state index is 10.3. The maximum Gasteiger partial charge on any atom is 0.119 e. The highest BCUT2D eigenvalue weighted by Gasteiger charge is 2.14. The zero-order valence-corrected chi connectivity index (χ0v) is 15.9. The Bertz CT molecular complexity index is 572. The van der Waals surface area contributed by atoms with Crippen molar-refractivity contribution in [3.05, 3.63) is 51.7 Å². The number of aliphatic hydroxyl groups is 1. The lowest BCUT2D eigenvalue weighted by Gasteiger charge is -2.25. The summed E-state index contributed by atoms with van der Waals surface area (Å²) in [5.41, 5.74) is 0. The molecule has 1 atom stereocenters. The largest absolute Gasteiger partial charge is 0.491 e. The van der Waals surface area contributed by atoms with E-state index in [2.05, 4.69) is 36.3 Å². The summed E-state index contributed by atoms with van der Waals surface area (Å²) in [4.78, 5) is 3.63. The van der Waals surface area contributed by atoms with Gasteiger partial charge in [0, 0.05) is 23.0 Å². The summed E-state index contributed by atoms with van der Waals surface area (Å²) in [5.74, 6) is 1.38. The molecule has 0 saturated carbocycles. The van der Waals surface area contributed by atoms with Crippen LogP contribution in [0.15, 0.2) is 41.8 Å². The van der Waals surface area contributed by atoms with E-state index in [0.29, 0.717) is 17.5 Å². The molecule has 0 aliphatic heterocycles. The van der Waals surface area contributed by atoms with Crippen molar-refractivity contribution in [3.63, 3.8) is 0 Å². The molecule has 0 fully saturated rings. The number of benzene rings is 1. The number of nitrogens with zero attached hydrogens (tertiary/aromatic N) is 1. The highest BCUT2D eigenvalue weighted by molar-refractivity contribution is 7.09.